The normalized spacial score (nSPS) is 19.3. The van der Waals surface area contributed by atoms with E-state index in [0.29, 0.717) is 36.0 Å². The molecular formula is C26H21NO5. The first-order valence-electron chi connectivity index (χ1n) is 10.4. The fourth-order valence-corrected chi connectivity index (χ4v) is 4.21. The van der Waals surface area contributed by atoms with Crippen LogP contribution in [0.1, 0.15) is 22.7 Å². The second-order valence-corrected chi connectivity index (χ2v) is 7.72. The number of anilines is 1. The highest BCUT2D eigenvalue weighted by Crippen LogP contribution is 2.43. The van der Waals surface area contributed by atoms with Gasteiger partial charge >= 0.3 is 0 Å². The Morgan fingerprint density at radius 2 is 1.59 bits per heavy atom. The van der Waals surface area contributed by atoms with Crippen molar-refractivity contribution in [3.8, 4) is 11.5 Å². The van der Waals surface area contributed by atoms with Gasteiger partial charge in [-0.1, -0.05) is 48.5 Å². The summed E-state index contributed by atoms with van der Waals surface area (Å²) in [6, 6.07) is 20.9. The summed E-state index contributed by atoms with van der Waals surface area (Å²) in [5.41, 5.74) is 2.65. The summed E-state index contributed by atoms with van der Waals surface area (Å²) in [5, 5.41) is 11.3. The molecule has 2 aliphatic heterocycles. The van der Waals surface area contributed by atoms with Gasteiger partial charge in [0.2, 0.25) is 0 Å². The number of ketones is 1. The van der Waals surface area contributed by atoms with Crippen molar-refractivity contribution in [3.05, 3.63) is 95.1 Å². The number of benzene rings is 3. The molecule has 1 amide bonds. The highest BCUT2D eigenvalue weighted by Gasteiger charge is 2.47. The van der Waals surface area contributed by atoms with Crippen LogP contribution in [0.25, 0.3) is 5.76 Å². The SMILES string of the molecule is Cc1ccccc1N1C(=O)C(=O)/C(=C(\O)c2ccc3c(c2)OCCO3)C1c1ccccc1. The molecule has 0 radical (unpaired) electrons. The second-order valence-electron chi connectivity index (χ2n) is 7.72. The molecule has 1 unspecified atom stereocenters. The van der Waals surface area contributed by atoms with Gasteiger partial charge in [0.05, 0.1) is 11.6 Å². The van der Waals surface area contributed by atoms with Gasteiger partial charge < -0.3 is 14.6 Å². The summed E-state index contributed by atoms with van der Waals surface area (Å²) in [6.45, 7) is 2.74. The lowest BCUT2D eigenvalue weighted by molar-refractivity contribution is -0.132. The van der Waals surface area contributed by atoms with E-state index in [9.17, 15) is 14.7 Å². The first-order chi connectivity index (χ1) is 15.6. The minimum absolute atomic E-state index is 0.0427. The number of hydrogen-bond acceptors (Lipinski definition) is 5. The molecule has 2 aliphatic rings. The van der Waals surface area contributed by atoms with Gasteiger partial charge in [-0.3, -0.25) is 14.5 Å². The third-order valence-electron chi connectivity index (χ3n) is 5.75. The molecule has 0 bridgehead atoms. The molecular weight excluding hydrogens is 406 g/mol. The van der Waals surface area contributed by atoms with Crippen LogP contribution in [0, 0.1) is 6.92 Å². The summed E-state index contributed by atoms with van der Waals surface area (Å²) in [7, 11) is 0. The Balaban J connectivity index is 1.70. The van der Waals surface area contributed by atoms with Gasteiger partial charge in [-0.05, 0) is 42.3 Å². The number of carbonyl (C=O) groups is 2. The smallest absolute Gasteiger partial charge is 0.300 e. The molecule has 2 heterocycles. The molecule has 6 heteroatoms. The highest BCUT2D eigenvalue weighted by molar-refractivity contribution is 6.51. The molecule has 3 aromatic carbocycles. The number of carbonyl (C=O) groups excluding carboxylic acids is 2. The van der Waals surface area contributed by atoms with Gasteiger partial charge in [-0.25, -0.2) is 0 Å². The summed E-state index contributed by atoms with van der Waals surface area (Å²) >= 11 is 0. The number of Topliss-reactive ketones (excluding diaryl/α,β-unsaturated/α-hetero) is 1. The molecule has 32 heavy (non-hydrogen) atoms. The fraction of sp³-hybridized carbons (Fsp3) is 0.154. The van der Waals surface area contributed by atoms with Crippen molar-refractivity contribution in [2.45, 2.75) is 13.0 Å². The van der Waals surface area contributed by atoms with E-state index in [1.807, 2.05) is 55.5 Å². The van der Waals surface area contributed by atoms with Crippen molar-refractivity contribution in [2.75, 3.05) is 18.1 Å². The van der Waals surface area contributed by atoms with Crippen LogP contribution < -0.4 is 14.4 Å². The zero-order valence-corrected chi connectivity index (χ0v) is 17.4. The van der Waals surface area contributed by atoms with Crippen molar-refractivity contribution in [1.29, 1.82) is 0 Å². The maximum absolute atomic E-state index is 13.2. The third-order valence-corrected chi connectivity index (χ3v) is 5.75. The number of amides is 1. The molecule has 1 fully saturated rings. The molecule has 0 saturated carbocycles. The molecule has 0 aliphatic carbocycles. The fourth-order valence-electron chi connectivity index (χ4n) is 4.21. The van der Waals surface area contributed by atoms with E-state index in [4.69, 9.17) is 9.47 Å². The molecule has 6 nitrogen and oxygen atoms in total. The Kier molecular flexibility index (Phi) is 4.90. The van der Waals surface area contributed by atoms with E-state index in [1.54, 1.807) is 24.3 Å². The monoisotopic (exact) mass is 427 g/mol. The molecule has 3 aromatic rings. The lowest BCUT2D eigenvalue weighted by Crippen LogP contribution is -2.30. The first-order valence-corrected chi connectivity index (χ1v) is 10.4. The predicted octanol–water partition coefficient (Wildman–Crippen LogP) is 4.39. The zero-order valence-electron chi connectivity index (χ0n) is 17.4. The Bertz CT molecular complexity index is 1250. The molecule has 0 spiro atoms. The minimum Gasteiger partial charge on any atom is -0.507 e. The van der Waals surface area contributed by atoms with Crippen molar-refractivity contribution in [3.63, 3.8) is 0 Å². The van der Waals surface area contributed by atoms with Crippen LogP contribution in [0.5, 0.6) is 11.5 Å². The van der Waals surface area contributed by atoms with Gasteiger partial charge in [0, 0.05) is 11.3 Å². The van der Waals surface area contributed by atoms with Gasteiger partial charge in [-0.15, -0.1) is 0 Å². The van der Waals surface area contributed by atoms with Gasteiger partial charge in [-0.2, -0.15) is 0 Å². The lowest BCUT2D eigenvalue weighted by Gasteiger charge is -2.26. The van der Waals surface area contributed by atoms with Crippen molar-refractivity contribution < 1.29 is 24.2 Å². The van der Waals surface area contributed by atoms with Crippen molar-refractivity contribution in [2.24, 2.45) is 0 Å². The average Bonchev–Trinajstić information content (AvgIpc) is 3.09. The van der Waals surface area contributed by atoms with E-state index in [2.05, 4.69) is 0 Å². The number of aryl methyl sites for hydroxylation is 1. The van der Waals surface area contributed by atoms with Crippen LogP contribution in [0.2, 0.25) is 0 Å². The van der Waals surface area contributed by atoms with Gasteiger partial charge in [0.25, 0.3) is 11.7 Å². The van der Waals surface area contributed by atoms with E-state index in [1.165, 1.54) is 4.90 Å². The van der Waals surface area contributed by atoms with E-state index < -0.39 is 17.7 Å². The molecule has 1 saturated heterocycles. The number of ether oxygens (including phenoxy) is 2. The molecule has 1 N–H and O–H groups in total. The quantitative estimate of drug-likeness (QED) is 0.381. The average molecular weight is 427 g/mol. The largest absolute Gasteiger partial charge is 0.507 e. The number of nitrogens with zero attached hydrogens (tertiary/aromatic N) is 1. The van der Waals surface area contributed by atoms with Crippen LogP contribution in [-0.4, -0.2) is 30.0 Å². The number of aliphatic hydroxyl groups is 1. The van der Waals surface area contributed by atoms with E-state index >= 15 is 0 Å². The van der Waals surface area contributed by atoms with Crippen LogP contribution in [0.3, 0.4) is 0 Å². The number of para-hydroxylation sites is 1. The number of aliphatic hydroxyl groups excluding tert-OH is 1. The van der Waals surface area contributed by atoms with Gasteiger partial charge in [0.15, 0.2) is 11.5 Å². The number of hydrogen-bond donors (Lipinski definition) is 1. The van der Waals surface area contributed by atoms with E-state index in [0.717, 1.165) is 11.1 Å². The molecule has 5 rings (SSSR count). The first kappa shape index (κ1) is 19.9. The summed E-state index contributed by atoms with van der Waals surface area (Å²) in [5.74, 6) is -0.579. The Labute approximate surface area is 185 Å². The second kappa shape index (κ2) is 7.89. The minimum atomic E-state index is -0.759. The Morgan fingerprint density at radius 3 is 2.34 bits per heavy atom. The lowest BCUT2D eigenvalue weighted by atomic mass is 9.95. The van der Waals surface area contributed by atoms with Crippen LogP contribution in [0.15, 0.2) is 78.4 Å². The van der Waals surface area contributed by atoms with Crippen molar-refractivity contribution >= 4 is 23.1 Å². The third kappa shape index (κ3) is 3.21. The molecule has 0 aromatic heterocycles. The Hall–Kier alpha value is -4.06. The Morgan fingerprint density at radius 1 is 0.906 bits per heavy atom. The highest BCUT2D eigenvalue weighted by atomic mass is 16.6. The van der Waals surface area contributed by atoms with Crippen LogP contribution in [0.4, 0.5) is 5.69 Å². The summed E-state index contributed by atoms with van der Waals surface area (Å²) in [6.07, 6.45) is 0. The maximum Gasteiger partial charge on any atom is 0.300 e. The standard InChI is InChI=1S/C26H21NO5/c1-16-7-5-6-10-19(16)27-23(17-8-3-2-4-9-17)22(25(29)26(27)30)24(28)18-11-12-20-21(15-18)32-14-13-31-20/h2-12,15,23,28H,13-14H2,1H3/b24-22-. The topological polar surface area (TPSA) is 76.1 Å². The maximum atomic E-state index is 13.2. The number of rotatable bonds is 3. The van der Waals surface area contributed by atoms with Crippen LogP contribution >= 0.6 is 0 Å². The van der Waals surface area contributed by atoms with Crippen molar-refractivity contribution in [1.82, 2.24) is 0 Å². The molecule has 1 atom stereocenters. The summed E-state index contributed by atoms with van der Waals surface area (Å²) in [4.78, 5) is 27.9. The molecule has 160 valence electrons. The van der Waals surface area contributed by atoms with E-state index in [-0.39, 0.29) is 11.3 Å². The summed E-state index contributed by atoms with van der Waals surface area (Å²) < 4.78 is 11.2. The van der Waals surface area contributed by atoms with Gasteiger partial charge in [0.1, 0.15) is 19.0 Å². The zero-order chi connectivity index (χ0) is 22.2. The predicted molar refractivity (Wildman–Crippen MR) is 120 cm³/mol. The number of fused-ring (bicyclic) bond motifs is 1. The van der Waals surface area contributed by atoms with Crippen LogP contribution in [-0.2, 0) is 9.59 Å².